The minimum absolute atomic E-state index is 0.145. The van der Waals surface area contributed by atoms with Gasteiger partial charge in [-0.15, -0.1) is 0 Å². The normalized spacial score (nSPS) is 10.1. The lowest BCUT2D eigenvalue weighted by atomic mass is 10.2. The van der Waals surface area contributed by atoms with Crippen LogP contribution in [0.2, 0.25) is 0 Å². The summed E-state index contributed by atoms with van der Waals surface area (Å²) in [5, 5.41) is 10.8. The van der Waals surface area contributed by atoms with Crippen LogP contribution in [0.3, 0.4) is 0 Å². The predicted octanol–water partition coefficient (Wildman–Crippen LogP) is 1.87. The van der Waals surface area contributed by atoms with E-state index in [1.54, 1.807) is 6.92 Å². The summed E-state index contributed by atoms with van der Waals surface area (Å²) in [7, 11) is 1.30. The van der Waals surface area contributed by atoms with Crippen LogP contribution in [-0.2, 0) is 9.53 Å². The molecular formula is C11H12F2N2O4. The first-order valence-corrected chi connectivity index (χ1v) is 5.37. The van der Waals surface area contributed by atoms with E-state index in [0.29, 0.717) is 6.07 Å². The third-order valence-corrected chi connectivity index (χ3v) is 2.27. The summed E-state index contributed by atoms with van der Waals surface area (Å²) >= 11 is 0. The molecule has 19 heavy (non-hydrogen) atoms. The number of hydrogen-bond donors (Lipinski definition) is 0. The molecule has 0 saturated heterocycles. The van der Waals surface area contributed by atoms with Crippen LogP contribution in [0, 0.1) is 21.7 Å². The van der Waals surface area contributed by atoms with E-state index in [2.05, 4.69) is 4.74 Å². The fraction of sp³-hybridized carbons (Fsp3) is 0.364. The summed E-state index contributed by atoms with van der Waals surface area (Å²) in [5.41, 5.74) is -1.20. The lowest BCUT2D eigenvalue weighted by molar-refractivity contribution is -0.386. The second kappa shape index (κ2) is 6.07. The van der Waals surface area contributed by atoms with E-state index in [1.165, 1.54) is 7.05 Å². The third kappa shape index (κ3) is 3.60. The second-order valence-corrected chi connectivity index (χ2v) is 3.67. The number of likely N-dealkylation sites (N-methyl/N-ethyl adjacent to an activating group) is 1. The van der Waals surface area contributed by atoms with Crippen molar-refractivity contribution < 1.29 is 23.2 Å². The van der Waals surface area contributed by atoms with Gasteiger partial charge < -0.3 is 9.64 Å². The van der Waals surface area contributed by atoms with Gasteiger partial charge in [0, 0.05) is 19.2 Å². The van der Waals surface area contributed by atoms with E-state index in [4.69, 9.17) is 0 Å². The Morgan fingerprint density at radius 2 is 2.11 bits per heavy atom. The Morgan fingerprint density at radius 3 is 2.63 bits per heavy atom. The molecule has 0 aliphatic carbocycles. The Bertz CT molecular complexity index is 508. The first kappa shape index (κ1) is 14.8. The fourth-order valence-corrected chi connectivity index (χ4v) is 1.51. The topological polar surface area (TPSA) is 72.7 Å². The number of anilines is 1. The molecule has 0 N–H and O–H groups in total. The summed E-state index contributed by atoms with van der Waals surface area (Å²) in [5.74, 6) is -2.91. The number of benzene rings is 1. The highest BCUT2D eigenvalue weighted by Gasteiger charge is 2.25. The highest BCUT2D eigenvalue weighted by molar-refractivity contribution is 5.77. The lowest BCUT2D eigenvalue weighted by Crippen LogP contribution is -2.28. The molecule has 8 heteroatoms. The number of halogens is 2. The number of nitro groups is 1. The van der Waals surface area contributed by atoms with Crippen molar-refractivity contribution in [2.24, 2.45) is 0 Å². The van der Waals surface area contributed by atoms with Crippen LogP contribution in [0.1, 0.15) is 6.92 Å². The zero-order valence-corrected chi connectivity index (χ0v) is 10.4. The molecule has 0 heterocycles. The van der Waals surface area contributed by atoms with Gasteiger partial charge in [0.1, 0.15) is 18.0 Å². The van der Waals surface area contributed by atoms with Crippen LogP contribution in [0.15, 0.2) is 12.1 Å². The van der Waals surface area contributed by atoms with Crippen LogP contribution in [0.5, 0.6) is 0 Å². The molecule has 0 saturated carbocycles. The first-order valence-electron chi connectivity index (χ1n) is 5.37. The number of carbonyl (C=O) groups is 1. The van der Waals surface area contributed by atoms with Crippen molar-refractivity contribution in [2.45, 2.75) is 6.92 Å². The van der Waals surface area contributed by atoms with Gasteiger partial charge in [0.2, 0.25) is 5.82 Å². The van der Waals surface area contributed by atoms with E-state index in [9.17, 15) is 23.7 Å². The number of carbonyl (C=O) groups excluding carboxylic acids is 1. The number of nitrogens with zero attached hydrogens (tertiary/aromatic N) is 2. The van der Waals surface area contributed by atoms with Gasteiger partial charge in [-0.2, -0.15) is 4.39 Å². The summed E-state index contributed by atoms with van der Waals surface area (Å²) < 4.78 is 31.2. The fourth-order valence-electron chi connectivity index (χ4n) is 1.51. The third-order valence-electron chi connectivity index (χ3n) is 2.27. The van der Waals surface area contributed by atoms with Crippen molar-refractivity contribution >= 4 is 17.3 Å². The molecule has 1 aromatic rings. The molecule has 6 nitrogen and oxygen atoms in total. The number of hydrogen-bond acceptors (Lipinski definition) is 5. The van der Waals surface area contributed by atoms with E-state index in [1.807, 2.05) is 0 Å². The maximum Gasteiger partial charge on any atom is 0.328 e. The molecule has 0 aromatic heterocycles. The molecule has 0 bridgehead atoms. The highest BCUT2D eigenvalue weighted by Crippen LogP contribution is 2.31. The van der Waals surface area contributed by atoms with Gasteiger partial charge in [-0.1, -0.05) is 0 Å². The number of ether oxygens (including phenoxy) is 1. The van der Waals surface area contributed by atoms with E-state index < -0.39 is 28.2 Å². The number of rotatable bonds is 5. The van der Waals surface area contributed by atoms with Gasteiger partial charge >= 0.3 is 11.7 Å². The summed E-state index contributed by atoms with van der Waals surface area (Å²) in [6, 6.07) is 1.21. The number of esters is 1. The molecule has 1 rings (SSSR count). The summed E-state index contributed by atoms with van der Waals surface area (Å²) in [6.07, 6.45) is 0. The van der Waals surface area contributed by atoms with Gasteiger partial charge in [-0.3, -0.25) is 14.9 Å². The maximum atomic E-state index is 13.4. The molecule has 0 fully saturated rings. The molecule has 0 aliphatic heterocycles. The first-order chi connectivity index (χ1) is 8.86. The van der Waals surface area contributed by atoms with Crippen LogP contribution < -0.4 is 4.90 Å². The van der Waals surface area contributed by atoms with Crippen LogP contribution >= 0.6 is 0 Å². The molecule has 0 atom stereocenters. The summed E-state index contributed by atoms with van der Waals surface area (Å²) in [6.45, 7) is 1.39. The van der Waals surface area contributed by atoms with E-state index >= 15 is 0 Å². The monoisotopic (exact) mass is 274 g/mol. The van der Waals surface area contributed by atoms with Gasteiger partial charge in [0.15, 0.2) is 0 Å². The smallest absolute Gasteiger partial charge is 0.328 e. The lowest BCUT2D eigenvalue weighted by Gasteiger charge is -2.18. The van der Waals surface area contributed by atoms with Crippen molar-refractivity contribution in [3.05, 3.63) is 33.9 Å². The van der Waals surface area contributed by atoms with Crippen molar-refractivity contribution in [3.8, 4) is 0 Å². The average molecular weight is 274 g/mol. The Kier molecular flexibility index (Phi) is 4.74. The SMILES string of the molecule is CCOC(=O)CN(C)c1cc(F)cc(F)c1[N+](=O)[O-]. The molecule has 0 unspecified atom stereocenters. The molecule has 0 radical (unpaired) electrons. The van der Waals surface area contributed by atoms with Crippen LogP contribution in [0.4, 0.5) is 20.2 Å². The quantitative estimate of drug-likeness (QED) is 0.465. The van der Waals surface area contributed by atoms with Gasteiger partial charge in [0.05, 0.1) is 11.5 Å². The molecule has 0 amide bonds. The maximum absolute atomic E-state index is 13.4. The zero-order chi connectivity index (χ0) is 14.6. The van der Waals surface area contributed by atoms with Gasteiger partial charge in [0.25, 0.3) is 0 Å². The Hall–Kier alpha value is -2.25. The minimum Gasteiger partial charge on any atom is -0.465 e. The van der Waals surface area contributed by atoms with Crippen molar-refractivity contribution in [1.82, 2.24) is 0 Å². The van der Waals surface area contributed by atoms with Crippen LogP contribution in [0.25, 0.3) is 0 Å². The Labute approximate surface area is 107 Å². The zero-order valence-electron chi connectivity index (χ0n) is 10.4. The van der Waals surface area contributed by atoms with E-state index in [0.717, 1.165) is 11.0 Å². The van der Waals surface area contributed by atoms with Gasteiger partial charge in [-0.05, 0) is 6.92 Å². The second-order valence-electron chi connectivity index (χ2n) is 3.67. The summed E-state index contributed by atoms with van der Waals surface area (Å²) in [4.78, 5) is 22.1. The minimum atomic E-state index is -1.30. The molecule has 0 spiro atoms. The van der Waals surface area contributed by atoms with Gasteiger partial charge in [-0.25, -0.2) is 4.39 Å². The highest BCUT2D eigenvalue weighted by atomic mass is 19.1. The van der Waals surface area contributed by atoms with Crippen molar-refractivity contribution in [3.63, 3.8) is 0 Å². The average Bonchev–Trinajstić information content (AvgIpc) is 2.27. The molecule has 104 valence electrons. The standard InChI is InChI=1S/C11H12F2N2O4/c1-3-19-10(16)6-14(2)9-5-7(12)4-8(13)11(9)15(17)18/h4-5H,3,6H2,1-2H3. The molecule has 0 aliphatic rings. The Morgan fingerprint density at radius 1 is 1.47 bits per heavy atom. The van der Waals surface area contributed by atoms with Crippen molar-refractivity contribution in [1.29, 1.82) is 0 Å². The van der Waals surface area contributed by atoms with Crippen molar-refractivity contribution in [2.75, 3.05) is 25.1 Å². The largest absolute Gasteiger partial charge is 0.465 e. The Balaban J connectivity index is 3.11. The van der Waals surface area contributed by atoms with Crippen LogP contribution in [-0.4, -0.2) is 31.1 Å². The molecule has 1 aromatic carbocycles. The predicted molar refractivity (Wildman–Crippen MR) is 62.9 cm³/mol. The number of nitro benzene ring substituents is 1. The van der Waals surface area contributed by atoms with E-state index in [-0.39, 0.29) is 18.8 Å². The molecular weight excluding hydrogens is 262 g/mol.